The molecule has 2 aromatic rings. The highest BCUT2D eigenvalue weighted by Gasteiger charge is 2.26. The molecule has 138 valence electrons. The van der Waals surface area contributed by atoms with E-state index in [4.69, 9.17) is 4.84 Å². The van der Waals surface area contributed by atoms with Crippen molar-refractivity contribution >= 4 is 18.1 Å². The van der Waals surface area contributed by atoms with Crippen molar-refractivity contribution in [3.05, 3.63) is 71.8 Å². The van der Waals surface area contributed by atoms with Crippen LogP contribution >= 0.6 is 12.4 Å². The molecule has 2 aliphatic rings. The number of hydrogen-bond donors (Lipinski definition) is 0. The average molecular weight is 372 g/mol. The highest BCUT2D eigenvalue weighted by atomic mass is 35.5. The fourth-order valence-corrected chi connectivity index (χ4v) is 3.59. The molecule has 0 radical (unpaired) electrons. The van der Waals surface area contributed by atoms with Crippen molar-refractivity contribution in [3.8, 4) is 0 Å². The number of nitrogens with zero attached hydrogens (tertiary/aromatic N) is 3. The summed E-state index contributed by atoms with van der Waals surface area (Å²) in [7, 11) is 0. The lowest BCUT2D eigenvalue weighted by Crippen LogP contribution is -2.48. The van der Waals surface area contributed by atoms with E-state index in [0.29, 0.717) is 0 Å². The van der Waals surface area contributed by atoms with E-state index in [1.54, 1.807) is 0 Å². The first-order chi connectivity index (χ1) is 12.4. The van der Waals surface area contributed by atoms with Gasteiger partial charge in [0.25, 0.3) is 0 Å². The normalized spacial score (nSPS) is 20.9. The minimum atomic E-state index is 0. The van der Waals surface area contributed by atoms with Crippen molar-refractivity contribution in [3.63, 3.8) is 0 Å². The maximum absolute atomic E-state index is 5.68. The van der Waals surface area contributed by atoms with E-state index < -0.39 is 0 Å². The van der Waals surface area contributed by atoms with Gasteiger partial charge in [0.1, 0.15) is 6.10 Å². The lowest BCUT2D eigenvalue weighted by atomic mass is 10.0. The Morgan fingerprint density at radius 3 is 2.15 bits per heavy atom. The molecule has 0 aliphatic carbocycles. The molecule has 4 nitrogen and oxygen atoms in total. The zero-order valence-electron chi connectivity index (χ0n) is 15.0. The first-order valence-corrected chi connectivity index (χ1v) is 9.13. The third-order valence-electron chi connectivity index (χ3n) is 5.02. The molecule has 1 unspecified atom stereocenters. The van der Waals surface area contributed by atoms with E-state index in [2.05, 4.69) is 69.6 Å². The molecule has 2 aliphatic heterocycles. The van der Waals surface area contributed by atoms with Crippen LogP contribution in [0.1, 0.15) is 17.5 Å². The van der Waals surface area contributed by atoms with Gasteiger partial charge in [0, 0.05) is 45.7 Å². The van der Waals surface area contributed by atoms with Gasteiger partial charge in [0.15, 0.2) is 0 Å². The maximum Gasteiger partial charge on any atom is 0.145 e. The van der Waals surface area contributed by atoms with Crippen LogP contribution in [0.15, 0.2) is 65.8 Å². The van der Waals surface area contributed by atoms with Crippen molar-refractivity contribution in [2.75, 3.05) is 32.7 Å². The van der Waals surface area contributed by atoms with Gasteiger partial charge in [-0.05, 0) is 11.1 Å². The monoisotopic (exact) mass is 371 g/mol. The molecule has 1 saturated heterocycles. The first kappa shape index (κ1) is 18.9. The van der Waals surface area contributed by atoms with Gasteiger partial charge in [-0.2, -0.15) is 0 Å². The summed E-state index contributed by atoms with van der Waals surface area (Å²) in [6.07, 6.45) is 1.10. The fourth-order valence-electron chi connectivity index (χ4n) is 3.59. The third kappa shape index (κ3) is 4.85. The summed E-state index contributed by atoms with van der Waals surface area (Å²) in [6, 6.07) is 21.1. The molecule has 2 aromatic carbocycles. The molecule has 2 heterocycles. The van der Waals surface area contributed by atoms with E-state index >= 15 is 0 Å². The van der Waals surface area contributed by atoms with Crippen LogP contribution in [0, 0.1) is 0 Å². The minimum Gasteiger partial charge on any atom is -0.390 e. The SMILES string of the molecule is Cl.c1ccc(CN2CCN(CC3CC(c4ccccc4)=NO3)CC2)cc1. The standard InChI is InChI=1S/C21H25N3O.ClH/c1-3-7-18(8-4-1)16-23-11-13-24(14-12-23)17-20-15-21(22-25-20)19-9-5-2-6-10-19;/h1-10,20H,11-17H2;1H. The van der Waals surface area contributed by atoms with E-state index in [1.165, 1.54) is 11.1 Å². The molecule has 1 fully saturated rings. The largest absolute Gasteiger partial charge is 0.390 e. The van der Waals surface area contributed by atoms with Crippen LogP contribution in [-0.2, 0) is 11.4 Å². The number of piperazine rings is 1. The number of rotatable bonds is 5. The number of halogens is 1. The molecular formula is C21H26ClN3O. The quantitative estimate of drug-likeness (QED) is 0.806. The molecule has 1 atom stereocenters. The molecule has 0 N–H and O–H groups in total. The second-order valence-electron chi connectivity index (χ2n) is 6.90. The summed E-state index contributed by atoms with van der Waals surface area (Å²) in [5.41, 5.74) is 3.65. The van der Waals surface area contributed by atoms with Crippen LogP contribution in [0.5, 0.6) is 0 Å². The summed E-state index contributed by atoms with van der Waals surface area (Å²) in [5, 5.41) is 4.30. The number of hydrogen-bond acceptors (Lipinski definition) is 4. The third-order valence-corrected chi connectivity index (χ3v) is 5.02. The minimum absolute atomic E-state index is 0. The van der Waals surface area contributed by atoms with Gasteiger partial charge in [-0.1, -0.05) is 65.8 Å². The van der Waals surface area contributed by atoms with Gasteiger partial charge < -0.3 is 4.84 Å². The molecule has 0 bridgehead atoms. The van der Waals surface area contributed by atoms with Crippen LogP contribution in [0.2, 0.25) is 0 Å². The molecule has 4 rings (SSSR count). The summed E-state index contributed by atoms with van der Waals surface area (Å²) in [5.74, 6) is 0. The highest BCUT2D eigenvalue weighted by Crippen LogP contribution is 2.18. The van der Waals surface area contributed by atoms with Crippen LogP contribution in [0.4, 0.5) is 0 Å². The molecule has 0 saturated carbocycles. The zero-order chi connectivity index (χ0) is 16.9. The van der Waals surface area contributed by atoms with Gasteiger partial charge >= 0.3 is 0 Å². The first-order valence-electron chi connectivity index (χ1n) is 9.13. The van der Waals surface area contributed by atoms with Crippen LogP contribution < -0.4 is 0 Å². The van der Waals surface area contributed by atoms with Crippen molar-refractivity contribution in [1.82, 2.24) is 9.80 Å². The van der Waals surface area contributed by atoms with Crippen molar-refractivity contribution < 1.29 is 4.84 Å². The lowest BCUT2D eigenvalue weighted by molar-refractivity contribution is 0.0338. The van der Waals surface area contributed by atoms with Crippen LogP contribution in [0.25, 0.3) is 0 Å². The lowest BCUT2D eigenvalue weighted by Gasteiger charge is -2.35. The van der Waals surface area contributed by atoms with Gasteiger partial charge in [-0.15, -0.1) is 12.4 Å². The summed E-state index contributed by atoms with van der Waals surface area (Å²) in [6.45, 7) is 6.47. The van der Waals surface area contributed by atoms with Gasteiger partial charge in [-0.3, -0.25) is 9.80 Å². The van der Waals surface area contributed by atoms with Gasteiger partial charge in [0.2, 0.25) is 0 Å². The Hall–Kier alpha value is -1.88. The Balaban J connectivity index is 0.00000196. The topological polar surface area (TPSA) is 28.1 Å². The molecule has 0 spiro atoms. The molecule has 0 aromatic heterocycles. The second kappa shape index (κ2) is 9.17. The van der Waals surface area contributed by atoms with E-state index in [-0.39, 0.29) is 18.5 Å². The Morgan fingerprint density at radius 1 is 0.846 bits per heavy atom. The second-order valence-corrected chi connectivity index (χ2v) is 6.90. The van der Waals surface area contributed by atoms with Crippen molar-refractivity contribution in [2.45, 2.75) is 19.1 Å². The highest BCUT2D eigenvalue weighted by molar-refractivity contribution is 6.01. The number of oxime groups is 1. The van der Waals surface area contributed by atoms with Gasteiger partial charge in [-0.25, -0.2) is 0 Å². The number of benzene rings is 2. The zero-order valence-corrected chi connectivity index (χ0v) is 15.8. The van der Waals surface area contributed by atoms with Gasteiger partial charge in [0.05, 0.1) is 5.71 Å². The van der Waals surface area contributed by atoms with E-state index in [0.717, 1.165) is 51.4 Å². The molecule has 0 amide bonds. The Kier molecular flexibility index (Phi) is 6.67. The smallest absolute Gasteiger partial charge is 0.145 e. The molecule has 26 heavy (non-hydrogen) atoms. The Morgan fingerprint density at radius 2 is 1.46 bits per heavy atom. The summed E-state index contributed by atoms with van der Waals surface area (Å²) in [4.78, 5) is 10.7. The predicted octanol–water partition coefficient (Wildman–Crippen LogP) is 3.42. The maximum atomic E-state index is 5.68. The van der Waals surface area contributed by atoms with Crippen LogP contribution in [-0.4, -0.2) is 54.3 Å². The predicted molar refractivity (Wildman–Crippen MR) is 108 cm³/mol. The van der Waals surface area contributed by atoms with E-state index in [1.807, 2.05) is 6.07 Å². The van der Waals surface area contributed by atoms with Crippen LogP contribution in [0.3, 0.4) is 0 Å². The fraction of sp³-hybridized carbons (Fsp3) is 0.381. The Bertz CT molecular complexity index is 700. The average Bonchev–Trinajstić information content (AvgIpc) is 3.14. The molecular weight excluding hydrogens is 346 g/mol. The Labute approximate surface area is 161 Å². The summed E-state index contributed by atoms with van der Waals surface area (Å²) < 4.78 is 0. The van der Waals surface area contributed by atoms with Crippen molar-refractivity contribution in [2.24, 2.45) is 5.16 Å². The summed E-state index contributed by atoms with van der Waals surface area (Å²) >= 11 is 0. The van der Waals surface area contributed by atoms with Crippen molar-refractivity contribution in [1.29, 1.82) is 0 Å². The molecule has 5 heteroatoms. The van der Waals surface area contributed by atoms with E-state index in [9.17, 15) is 0 Å².